The van der Waals surface area contributed by atoms with Gasteiger partial charge in [0.05, 0.1) is 31.3 Å². The van der Waals surface area contributed by atoms with Crippen LogP contribution in [-0.2, 0) is 4.74 Å². The number of carbonyl (C=O) groups excluding carboxylic acids is 1. The smallest absolute Gasteiger partial charge is 0.274 e. The molecule has 2 aliphatic rings. The van der Waals surface area contributed by atoms with Crippen LogP contribution in [0.1, 0.15) is 48.4 Å². The molecule has 2 heterocycles. The molecule has 1 amide bonds. The number of morpholine rings is 1. The van der Waals surface area contributed by atoms with Gasteiger partial charge >= 0.3 is 0 Å². The van der Waals surface area contributed by atoms with E-state index >= 15 is 0 Å². The van der Waals surface area contributed by atoms with Crippen molar-refractivity contribution in [1.82, 2.24) is 10.3 Å². The van der Waals surface area contributed by atoms with Gasteiger partial charge in [-0.3, -0.25) is 4.79 Å². The number of hydrogen-bond donors (Lipinski definition) is 1. The Bertz CT molecular complexity index is 1070. The van der Waals surface area contributed by atoms with Crippen molar-refractivity contribution in [1.29, 1.82) is 0 Å². The maximum absolute atomic E-state index is 12.4. The standard InChI is InChI=1S/C27H34N4O3/c1-4-30(5-2)24-10-6-21(7-11-24)18-22-8-9-23(26(22)31-13-16-33-17-14-31)19-28-29-27(32)25-12-15-34-20(25)3/h6-7,10-12,15,18-19H,4-5,8-9,13-14,16-17H2,1-3H3,(H,29,32)/b22-18+,28-19+. The minimum Gasteiger partial charge on any atom is -0.469 e. The normalized spacial score (nSPS) is 17.7. The summed E-state index contributed by atoms with van der Waals surface area (Å²) in [4.78, 5) is 17.1. The van der Waals surface area contributed by atoms with E-state index in [1.165, 1.54) is 28.8 Å². The molecule has 1 fully saturated rings. The molecule has 0 unspecified atom stereocenters. The number of nitrogens with one attached hydrogen (secondary N) is 1. The fourth-order valence-electron chi connectivity index (χ4n) is 4.59. The van der Waals surface area contributed by atoms with Crippen LogP contribution in [0.3, 0.4) is 0 Å². The van der Waals surface area contributed by atoms with Gasteiger partial charge in [-0.05, 0) is 74.6 Å². The topological polar surface area (TPSA) is 70.3 Å². The Morgan fingerprint density at radius 2 is 1.85 bits per heavy atom. The third-order valence-electron chi connectivity index (χ3n) is 6.45. The van der Waals surface area contributed by atoms with Gasteiger partial charge in [-0.25, -0.2) is 5.43 Å². The summed E-state index contributed by atoms with van der Waals surface area (Å²) in [5.74, 6) is 0.317. The first-order chi connectivity index (χ1) is 16.6. The van der Waals surface area contributed by atoms with Gasteiger partial charge < -0.3 is 19.0 Å². The van der Waals surface area contributed by atoms with Crippen molar-refractivity contribution in [2.45, 2.75) is 33.6 Å². The number of amides is 1. The first kappa shape index (κ1) is 23.8. The molecule has 0 radical (unpaired) electrons. The predicted molar refractivity (Wildman–Crippen MR) is 136 cm³/mol. The zero-order chi connectivity index (χ0) is 23.9. The van der Waals surface area contributed by atoms with E-state index in [1.54, 1.807) is 19.2 Å². The van der Waals surface area contributed by atoms with Crippen LogP contribution >= 0.6 is 0 Å². The van der Waals surface area contributed by atoms with Crippen LogP contribution in [0.5, 0.6) is 0 Å². The average Bonchev–Trinajstić information content (AvgIpc) is 3.47. The molecule has 0 saturated carbocycles. The summed E-state index contributed by atoms with van der Waals surface area (Å²) < 4.78 is 10.8. The van der Waals surface area contributed by atoms with Crippen LogP contribution < -0.4 is 10.3 Å². The molecule has 1 saturated heterocycles. The molecule has 1 aromatic heterocycles. The molecule has 1 aliphatic carbocycles. The molecular formula is C27H34N4O3. The third kappa shape index (κ3) is 5.42. The lowest BCUT2D eigenvalue weighted by molar-refractivity contribution is 0.0548. The van der Waals surface area contributed by atoms with E-state index in [4.69, 9.17) is 9.15 Å². The number of nitrogens with zero attached hydrogens (tertiary/aromatic N) is 3. The predicted octanol–water partition coefficient (Wildman–Crippen LogP) is 4.61. The van der Waals surface area contributed by atoms with Crippen LogP contribution in [0.25, 0.3) is 6.08 Å². The summed E-state index contributed by atoms with van der Waals surface area (Å²) in [5.41, 5.74) is 9.23. The van der Waals surface area contributed by atoms with Crippen molar-refractivity contribution in [3.05, 3.63) is 70.3 Å². The first-order valence-corrected chi connectivity index (χ1v) is 12.1. The van der Waals surface area contributed by atoms with Crippen LogP contribution in [0, 0.1) is 6.92 Å². The van der Waals surface area contributed by atoms with E-state index in [9.17, 15) is 4.79 Å². The van der Waals surface area contributed by atoms with Gasteiger partial charge in [-0.1, -0.05) is 12.1 Å². The monoisotopic (exact) mass is 462 g/mol. The van der Waals surface area contributed by atoms with Crippen LogP contribution in [0.4, 0.5) is 5.69 Å². The van der Waals surface area contributed by atoms with Crippen molar-refractivity contribution in [2.75, 3.05) is 44.3 Å². The van der Waals surface area contributed by atoms with E-state index in [0.29, 0.717) is 11.3 Å². The molecule has 0 atom stereocenters. The molecular weight excluding hydrogens is 428 g/mol. The Morgan fingerprint density at radius 1 is 1.12 bits per heavy atom. The second kappa shape index (κ2) is 11.2. The molecule has 7 nitrogen and oxygen atoms in total. The molecule has 0 spiro atoms. The van der Waals surface area contributed by atoms with E-state index in [-0.39, 0.29) is 5.91 Å². The second-order valence-corrected chi connectivity index (χ2v) is 8.50. The maximum atomic E-state index is 12.4. The van der Waals surface area contributed by atoms with Crippen molar-refractivity contribution in [2.24, 2.45) is 5.10 Å². The number of aryl methyl sites for hydroxylation is 1. The molecule has 1 N–H and O–H groups in total. The summed E-state index contributed by atoms with van der Waals surface area (Å²) in [5, 5.41) is 4.27. The van der Waals surface area contributed by atoms with Crippen LogP contribution in [0.2, 0.25) is 0 Å². The van der Waals surface area contributed by atoms with Crippen molar-refractivity contribution in [3.63, 3.8) is 0 Å². The van der Waals surface area contributed by atoms with Gasteiger partial charge in [0, 0.05) is 37.6 Å². The number of benzene rings is 1. The molecule has 1 aliphatic heterocycles. The number of hydrogen-bond acceptors (Lipinski definition) is 6. The SMILES string of the molecule is CCN(CC)c1ccc(/C=C2\CCC(/C=N/NC(=O)c3ccoc3C)=C2N2CCOCC2)cc1. The number of furan rings is 1. The molecule has 4 rings (SSSR count). The molecule has 7 heteroatoms. The van der Waals surface area contributed by atoms with Gasteiger partial charge in [-0.15, -0.1) is 0 Å². The minimum atomic E-state index is -0.266. The fourth-order valence-corrected chi connectivity index (χ4v) is 4.59. The van der Waals surface area contributed by atoms with Crippen LogP contribution in [-0.4, -0.2) is 56.4 Å². The molecule has 1 aromatic carbocycles. The lowest BCUT2D eigenvalue weighted by Gasteiger charge is -2.31. The highest BCUT2D eigenvalue weighted by Gasteiger charge is 2.25. The number of anilines is 1. The summed E-state index contributed by atoms with van der Waals surface area (Å²) in [7, 11) is 0. The molecule has 34 heavy (non-hydrogen) atoms. The average molecular weight is 463 g/mol. The second-order valence-electron chi connectivity index (χ2n) is 8.50. The third-order valence-corrected chi connectivity index (χ3v) is 6.45. The van der Waals surface area contributed by atoms with E-state index in [2.05, 4.69) is 64.5 Å². The fraction of sp³-hybridized carbons (Fsp3) is 0.407. The largest absolute Gasteiger partial charge is 0.469 e. The number of allylic oxidation sites excluding steroid dienone is 2. The number of hydrazone groups is 1. The van der Waals surface area contributed by atoms with Gasteiger partial charge in [0.2, 0.25) is 0 Å². The van der Waals surface area contributed by atoms with E-state index < -0.39 is 0 Å². The Morgan fingerprint density at radius 3 is 2.50 bits per heavy atom. The Hall–Kier alpha value is -3.32. The molecule has 180 valence electrons. The summed E-state index contributed by atoms with van der Waals surface area (Å²) >= 11 is 0. The molecule has 0 bridgehead atoms. The van der Waals surface area contributed by atoms with Gasteiger partial charge in [0.1, 0.15) is 5.76 Å². The van der Waals surface area contributed by atoms with Crippen molar-refractivity contribution >= 4 is 23.9 Å². The minimum absolute atomic E-state index is 0.266. The zero-order valence-corrected chi connectivity index (χ0v) is 20.3. The Balaban J connectivity index is 1.56. The summed E-state index contributed by atoms with van der Waals surface area (Å²) in [6, 6.07) is 10.4. The van der Waals surface area contributed by atoms with Gasteiger partial charge in [-0.2, -0.15) is 5.10 Å². The highest BCUT2D eigenvalue weighted by Crippen LogP contribution is 2.35. The number of rotatable bonds is 8. The number of carbonyl (C=O) groups is 1. The highest BCUT2D eigenvalue weighted by atomic mass is 16.5. The number of ether oxygens (including phenoxy) is 1. The lowest BCUT2D eigenvalue weighted by atomic mass is 10.1. The van der Waals surface area contributed by atoms with Gasteiger partial charge in [0.25, 0.3) is 5.91 Å². The quantitative estimate of drug-likeness (QED) is 0.458. The summed E-state index contributed by atoms with van der Waals surface area (Å²) in [6.07, 6.45) is 7.42. The first-order valence-electron chi connectivity index (χ1n) is 12.1. The van der Waals surface area contributed by atoms with E-state index in [1.807, 2.05) is 0 Å². The maximum Gasteiger partial charge on any atom is 0.274 e. The van der Waals surface area contributed by atoms with Crippen molar-refractivity contribution in [3.8, 4) is 0 Å². The van der Waals surface area contributed by atoms with Crippen molar-refractivity contribution < 1.29 is 13.9 Å². The Kier molecular flexibility index (Phi) is 7.85. The van der Waals surface area contributed by atoms with Gasteiger partial charge in [0.15, 0.2) is 0 Å². The lowest BCUT2D eigenvalue weighted by Crippen LogP contribution is -2.36. The highest BCUT2D eigenvalue weighted by molar-refractivity contribution is 5.95. The zero-order valence-electron chi connectivity index (χ0n) is 20.3. The van der Waals surface area contributed by atoms with E-state index in [0.717, 1.165) is 57.8 Å². The van der Waals surface area contributed by atoms with Crippen LogP contribution in [0.15, 0.2) is 63.0 Å². The summed E-state index contributed by atoms with van der Waals surface area (Å²) in [6.45, 7) is 11.3. The Labute approximate surface area is 201 Å². The molecule has 2 aromatic rings.